The van der Waals surface area contributed by atoms with E-state index in [1.807, 2.05) is 0 Å². The molecular weight excluding hydrogens is 481 g/mol. The Balaban J connectivity index is 3.74. The largest absolute Gasteiger partial charge is 0.460 e. The van der Waals surface area contributed by atoms with E-state index in [0.717, 1.165) is 6.92 Å². The Morgan fingerprint density at radius 1 is 0.812 bits per heavy atom. The Hall–Kier alpha value is -1.54. The first kappa shape index (κ1) is 28.5. The van der Waals surface area contributed by atoms with Gasteiger partial charge in [-0.1, -0.05) is 6.58 Å². The minimum atomic E-state index is -7.96. The van der Waals surface area contributed by atoms with E-state index >= 15 is 0 Å². The molecule has 0 aromatic rings. The average Bonchev–Trinajstić information content (AvgIpc) is 2.89. The summed E-state index contributed by atoms with van der Waals surface area (Å²) < 4.78 is 174. The molecule has 0 aliphatic carbocycles. The summed E-state index contributed by atoms with van der Waals surface area (Å²) in [7, 11) is 0. The highest BCUT2D eigenvalue weighted by Gasteiger charge is 2.92. The lowest BCUT2D eigenvalue weighted by atomic mass is 9.87. The SMILES string of the molecule is C=CC(=O)[N+]1(CC)CCCCCC1C(F)(F)C(F)(F)C(F)(F)C(F)(F)C(F)(F)C(F)(F)F. The van der Waals surface area contributed by atoms with Crippen LogP contribution < -0.4 is 0 Å². The van der Waals surface area contributed by atoms with Crippen LogP contribution in [0.15, 0.2) is 12.7 Å². The Bertz CT molecular complexity index is 716. The molecular formula is C17H19F13NO+. The minimum absolute atomic E-state index is 0.0429. The number of halogens is 13. The molecule has 0 spiro atoms. The fourth-order valence-electron chi connectivity index (χ4n) is 3.77. The molecule has 32 heavy (non-hydrogen) atoms. The topological polar surface area (TPSA) is 17.1 Å². The molecule has 2 unspecified atom stereocenters. The number of hydrogen-bond acceptors (Lipinski definition) is 1. The quantitative estimate of drug-likeness (QED) is 0.231. The van der Waals surface area contributed by atoms with Crippen molar-refractivity contribution in [3.05, 3.63) is 12.7 Å². The zero-order valence-corrected chi connectivity index (χ0v) is 16.4. The number of quaternary nitrogens is 1. The minimum Gasteiger partial charge on any atom is -0.249 e. The van der Waals surface area contributed by atoms with Crippen molar-refractivity contribution in [1.29, 1.82) is 0 Å². The molecule has 0 aromatic heterocycles. The molecule has 2 atom stereocenters. The van der Waals surface area contributed by atoms with E-state index in [2.05, 4.69) is 6.58 Å². The highest BCUT2D eigenvalue weighted by Crippen LogP contribution is 2.61. The number of rotatable bonds is 7. The third-order valence-corrected chi connectivity index (χ3v) is 5.69. The maximum Gasteiger partial charge on any atom is 0.460 e. The van der Waals surface area contributed by atoms with E-state index in [9.17, 15) is 61.9 Å². The smallest absolute Gasteiger partial charge is 0.249 e. The van der Waals surface area contributed by atoms with Gasteiger partial charge in [0, 0.05) is 12.5 Å². The number of amides is 1. The van der Waals surface area contributed by atoms with Crippen LogP contribution in [0.1, 0.15) is 32.6 Å². The molecule has 0 bridgehead atoms. The molecule has 0 radical (unpaired) electrons. The van der Waals surface area contributed by atoms with E-state index in [1.54, 1.807) is 0 Å². The Labute approximate surface area is 173 Å². The van der Waals surface area contributed by atoms with Gasteiger partial charge in [-0.2, -0.15) is 57.1 Å². The van der Waals surface area contributed by atoms with E-state index in [4.69, 9.17) is 0 Å². The monoisotopic (exact) mass is 500 g/mol. The summed E-state index contributed by atoms with van der Waals surface area (Å²) in [6, 6.07) is -3.13. The summed E-state index contributed by atoms with van der Waals surface area (Å²) in [6.07, 6.45) is -8.52. The molecule has 188 valence electrons. The van der Waals surface area contributed by atoms with Crippen LogP contribution >= 0.6 is 0 Å². The van der Waals surface area contributed by atoms with Crippen molar-refractivity contribution in [3.8, 4) is 0 Å². The molecule has 0 saturated carbocycles. The van der Waals surface area contributed by atoms with E-state index < -0.39 is 71.7 Å². The van der Waals surface area contributed by atoms with Gasteiger partial charge in [-0.3, -0.25) is 0 Å². The summed E-state index contributed by atoms with van der Waals surface area (Å²) in [6.45, 7) is 2.67. The van der Waals surface area contributed by atoms with Crippen LogP contribution in [0.3, 0.4) is 0 Å². The van der Waals surface area contributed by atoms with Crippen LogP contribution in [0.25, 0.3) is 0 Å². The van der Waals surface area contributed by atoms with E-state index in [-0.39, 0.29) is 19.3 Å². The molecule has 1 fully saturated rings. The maximum atomic E-state index is 14.9. The number of alkyl halides is 13. The molecule has 1 heterocycles. The van der Waals surface area contributed by atoms with Crippen molar-refractivity contribution >= 4 is 5.91 Å². The highest BCUT2D eigenvalue weighted by atomic mass is 19.4. The molecule has 1 aliphatic heterocycles. The van der Waals surface area contributed by atoms with Crippen molar-refractivity contribution in [1.82, 2.24) is 0 Å². The van der Waals surface area contributed by atoms with Crippen molar-refractivity contribution in [2.75, 3.05) is 13.1 Å². The van der Waals surface area contributed by atoms with Gasteiger partial charge in [-0.15, -0.1) is 0 Å². The van der Waals surface area contributed by atoms with Crippen LogP contribution in [0.2, 0.25) is 0 Å². The molecule has 0 aromatic carbocycles. The maximum absolute atomic E-state index is 14.9. The standard InChI is InChI=1S/C17H19F13NO/c1-3-11(32)31(4-2)9-7-5-6-8-10(31)12(18,19)13(20,21)14(22,23)15(24,25)16(26,27)17(28,29)30/h3,10H,1,4-9H2,2H3/q+1. The summed E-state index contributed by atoms with van der Waals surface area (Å²) in [5.74, 6) is -38.7. The Kier molecular flexibility index (Phi) is 7.43. The molecule has 1 saturated heterocycles. The fourth-order valence-corrected chi connectivity index (χ4v) is 3.77. The number of carbonyl (C=O) groups excluding carboxylic acids is 1. The second kappa shape index (κ2) is 8.35. The number of nitrogens with zero attached hydrogens (tertiary/aromatic N) is 1. The molecule has 2 nitrogen and oxygen atoms in total. The van der Waals surface area contributed by atoms with Gasteiger partial charge in [0.05, 0.1) is 13.1 Å². The summed E-state index contributed by atoms with van der Waals surface area (Å²) in [4.78, 5) is 12.3. The van der Waals surface area contributed by atoms with Gasteiger partial charge in [-0.25, -0.2) is 9.28 Å². The van der Waals surface area contributed by atoms with Gasteiger partial charge in [0.2, 0.25) is 0 Å². The molecule has 0 N–H and O–H groups in total. The fraction of sp³-hybridized carbons (Fsp3) is 0.824. The van der Waals surface area contributed by atoms with Gasteiger partial charge < -0.3 is 0 Å². The number of likely N-dealkylation sites (N-methyl/N-ethyl adjacent to an activating group) is 1. The summed E-state index contributed by atoms with van der Waals surface area (Å²) in [5.41, 5.74) is 0. The summed E-state index contributed by atoms with van der Waals surface area (Å²) in [5, 5.41) is 0. The van der Waals surface area contributed by atoms with Gasteiger partial charge in [0.1, 0.15) is 0 Å². The predicted octanol–water partition coefficient (Wildman–Crippen LogP) is 6.22. The first-order valence-electron chi connectivity index (χ1n) is 9.13. The average molecular weight is 500 g/mol. The molecule has 1 rings (SSSR count). The zero-order chi connectivity index (χ0) is 25.6. The Morgan fingerprint density at radius 2 is 1.28 bits per heavy atom. The van der Waals surface area contributed by atoms with Gasteiger partial charge in [-0.05, 0) is 26.2 Å². The molecule has 15 heteroatoms. The third kappa shape index (κ3) is 3.77. The lowest BCUT2D eigenvalue weighted by Gasteiger charge is -2.47. The number of carbonyl (C=O) groups is 1. The first-order chi connectivity index (χ1) is 14.1. The summed E-state index contributed by atoms with van der Waals surface area (Å²) >= 11 is 0. The van der Waals surface area contributed by atoms with Crippen LogP contribution in [0.4, 0.5) is 57.1 Å². The molecule has 1 aliphatic rings. The molecule has 1 amide bonds. The van der Waals surface area contributed by atoms with Crippen LogP contribution in [0, 0.1) is 0 Å². The van der Waals surface area contributed by atoms with Crippen LogP contribution in [-0.2, 0) is 4.79 Å². The predicted molar refractivity (Wildman–Crippen MR) is 83.9 cm³/mol. The number of likely N-dealkylation sites (tertiary alicyclic amines) is 1. The Morgan fingerprint density at radius 3 is 1.69 bits per heavy atom. The van der Waals surface area contributed by atoms with Crippen molar-refractivity contribution in [2.45, 2.75) is 74.4 Å². The van der Waals surface area contributed by atoms with E-state index in [1.165, 1.54) is 0 Å². The second-order valence-corrected chi connectivity index (χ2v) is 7.40. The number of hydrogen-bond donors (Lipinski definition) is 0. The van der Waals surface area contributed by atoms with Gasteiger partial charge >= 0.3 is 41.7 Å². The first-order valence-corrected chi connectivity index (χ1v) is 9.13. The van der Waals surface area contributed by atoms with E-state index in [0.29, 0.717) is 6.08 Å². The van der Waals surface area contributed by atoms with Crippen LogP contribution in [-0.4, -0.2) is 65.3 Å². The second-order valence-electron chi connectivity index (χ2n) is 7.40. The lowest BCUT2D eigenvalue weighted by Crippen LogP contribution is -2.75. The zero-order valence-electron chi connectivity index (χ0n) is 16.4. The van der Waals surface area contributed by atoms with Crippen molar-refractivity contribution in [2.24, 2.45) is 0 Å². The van der Waals surface area contributed by atoms with Crippen molar-refractivity contribution < 1.29 is 66.4 Å². The van der Waals surface area contributed by atoms with Crippen molar-refractivity contribution in [3.63, 3.8) is 0 Å². The highest BCUT2D eigenvalue weighted by molar-refractivity contribution is 5.81. The van der Waals surface area contributed by atoms with Gasteiger partial charge in [0.15, 0.2) is 6.04 Å². The van der Waals surface area contributed by atoms with Crippen LogP contribution in [0.5, 0.6) is 0 Å². The van der Waals surface area contributed by atoms with Gasteiger partial charge in [0.25, 0.3) is 0 Å². The lowest BCUT2D eigenvalue weighted by molar-refractivity contribution is -0.887. The third-order valence-electron chi connectivity index (χ3n) is 5.69. The normalized spacial score (nSPS) is 24.8.